The highest BCUT2D eigenvalue weighted by molar-refractivity contribution is 7.13. The number of nitrogens with zero attached hydrogens (tertiary/aromatic N) is 5. The highest BCUT2D eigenvalue weighted by atomic mass is 32.1. The molecule has 5 rings (SSSR count). The second-order valence-corrected chi connectivity index (χ2v) is 10.00. The molecule has 1 aliphatic rings. The summed E-state index contributed by atoms with van der Waals surface area (Å²) < 4.78 is 1.58. The van der Waals surface area contributed by atoms with Crippen LogP contribution in [-0.2, 0) is 12.5 Å². The number of hydrogen-bond donors (Lipinski definition) is 3. The largest absolute Gasteiger partial charge is 0.384 e. The Kier molecular flexibility index (Phi) is 5.28. The first-order valence-electron chi connectivity index (χ1n) is 10.8. The molecule has 0 radical (unpaired) electrons. The summed E-state index contributed by atoms with van der Waals surface area (Å²) in [5, 5.41) is 14.5. The van der Waals surface area contributed by atoms with Gasteiger partial charge in [-0.3, -0.25) is 14.3 Å². The molecule has 34 heavy (non-hydrogen) atoms. The second-order valence-electron chi connectivity index (χ2n) is 8.94. The lowest BCUT2D eigenvalue weighted by molar-refractivity contribution is 0.0936. The molecule has 2 amide bonds. The molecular weight excluding hydrogens is 452 g/mol. The molecule has 0 spiro atoms. The molecule has 1 aromatic carbocycles. The van der Waals surface area contributed by atoms with Crippen LogP contribution in [0, 0.1) is 0 Å². The molecule has 0 bridgehead atoms. The maximum Gasteiger partial charge on any atom is 0.271 e. The van der Waals surface area contributed by atoms with E-state index in [9.17, 15) is 9.59 Å². The third-order valence-corrected chi connectivity index (χ3v) is 7.12. The fourth-order valence-electron chi connectivity index (χ4n) is 4.03. The van der Waals surface area contributed by atoms with Gasteiger partial charge in [0.1, 0.15) is 21.9 Å². The Morgan fingerprint density at radius 3 is 2.82 bits per heavy atom. The Morgan fingerprint density at radius 2 is 2.00 bits per heavy atom. The van der Waals surface area contributed by atoms with E-state index < -0.39 is 6.04 Å². The van der Waals surface area contributed by atoms with Gasteiger partial charge in [-0.25, -0.2) is 15.0 Å². The number of hydrogen-bond acceptors (Lipinski definition) is 8. The van der Waals surface area contributed by atoms with E-state index in [0.717, 1.165) is 17.9 Å². The second kappa shape index (κ2) is 8.17. The molecule has 0 saturated heterocycles. The van der Waals surface area contributed by atoms with Gasteiger partial charge in [0.15, 0.2) is 5.65 Å². The van der Waals surface area contributed by atoms with Crippen LogP contribution in [0.4, 0.5) is 11.4 Å². The maximum absolute atomic E-state index is 12.8. The van der Waals surface area contributed by atoms with Crippen LogP contribution in [0.3, 0.4) is 0 Å². The third kappa shape index (κ3) is 3.87. The summed E-state index contributed by atoms with van der Waals surface area (Å²) in [7, 11) is 1.75. The molecule has 10 nitrogen and oxygen atoms in total. The Bertz CT molecular complexity index is 1420. The zero-order valence-corrected chi connectivity index (χ0v) is 20.0. The van der Waals surface area contributed by atoms with Crippen LogP contribution in [0.15, 0.2) is 36.9 Å². The van der Waals surface area contributed by atoms with Gasteiger partial charge in [0, 0.05) is 30.4 Å². The fraction of sp³-hybridized carbons (Fsp3) is 0.304. The number of carbonyl (C=O) groups excluding carboxylic acids is 2. The standard InChI is InChI=1S/C23H24N8O2S/c1-12(29-21(33)18-14-8-28-31(4)19(14)27-11-26-18)22-24-9-17(34-22)20(32)30-13-5-6-15-16(7-13)25-10-23(15,2)3/h5-9,11-12,25H,10H2,1-4H3,(H,29,33)(H,30,32). The van der Waals surface area contributed by atoms with Crippen molar-refractivity contribution in [2.75, 3.05) is 17.2 Å². The topological polar surface area (TPSA) is 127 Å². The highest BCUT2D eigenvalue weighted by Crippen LogP contribution is 2.37. The molecule has 1 atom stereocenters. The molecule has 4 heterocycles. The van der Waals surface area contributed by atoms with Crippen molar-refractivity contribution in [1.29, 1.82) is 0 Å². The number of carbonyl (C=O) groups is 2. The number of aromatic nitrogens is 5. The lowest BCUT2D eigenvalue weighted by Crippen LogP contribution is -2.27. The molecule has 1 unspecified atom stereocenters. The number of nitrogens with one attached hydrogen (secondary N) is 3. The summed E-state index contributed by atoms with van der Waals surface area (Å²) in [6, 6.07) is 5.50. The third-order valence-electron chi connectivity index (χ3n) is 5.94. The van der Waals surface area contributed by atoms with E-state index in [1.54, 1.807) is 17.9 Å². The minimum absolute atomic E-state index is 0.0690. The van der Waals surface area contributed by atoms with Gasteiger partial charge >= 0.3 is 0 Å². The number of rotatable bonds is 5. The summed E-state index contributed by atoms with van der Waals surface area (Å²) in [5.74, 6) is -0.602. The smallest absolute Gasteiger partial charge is 0.271 e. The average Bonchev–Trinajstić information content (AvgIpc) is 3.52. The van der Waals surface area contributed by atoms with Gasteiger partial charge in [0.05, 0.1) is 23.8 Å². The molecule has 0 aliphatic carbocycles. The van der Waals surface area contributed by atoms with Crippen LogP contribution >= 0.6 is 11.3 Å². The summed E-state index contributed by atoms with van der Waals surface area (Å²) in [6.45, 7) is 7.05. The quantitative estimate of drug-likeness (QED) is 0.403. The molecular formula is C23H24N8O2S. The van der Waals surface area contributed by atoms with Crippen molar-refractivity contribution in [3.63, 3.8) is 0 Å². The Balaban J connectivity index is 1.27. The van der Waals surface area contributed by atoms with Crippen molar-refractivity contribution < 1.29 is 9.59 Å². The fourth-order valence-corrected chi connectivity index (χ4v) is 4.84. The van der Waals surface area contributed by atoms with Gasteiger partial charge in [-0.15, -0.1) is 11.3 Å². The molecule has 0 fully saturated rings. The summed E-state index contributed by atoms with van der Waals surface area (Å²) in [5.41, 5.74) is 3.88. The van der Waals surface area contributed by atoms with E-state index in [1.807, 2.05) is 25.1 Å². The maximum atomic E-state index is 12.8. The zero-order chi connectivity index (χ0) is 24.0. The van der Waals surface area contributed by atoms with E-state index in [1.165, 1.54) is 29.4 Å². The Morgan fingerprint density at radius 1 is 1.18 bits per heavy atom. The molecule has 4 aromatic rings. The number of anilines is 2. The van der Waals surface area contributed by atoms with Gasteiger partial charge in [0.2, 0.25) is 0 Å². The van der Waals surface area contributed by atoms with E-state index in [0.29, 0.717) is 20.9 Å². The van der Waals surface area contributed by atoms with E-state index in [-0.39, 0.29) is 22.9 Å². The van der Waals surface area contributed by atoms with E-state index in [2.05, 4.69) is 49.8 Å². The Labute approximate surface area is 199 Å². The number of fused-ring (bicyclic) bond motifs is 2. The molecule has 1 aliphatic heterocycles. The van der Waals surface area contributed by atoms with Gasteiger partial charge in [-0.2, -0.15) is 5.10 Å². The minimum atomic E-state index is -0.410. The van der Waals surface area contributed by atoms with Crippen molar-refractivity contribution in [2.24, 2.45) is 7.05 Å². The lowest BCUT2D eigenvalue weighted by atomic mass is 9.87. The average molecular weight is 477 g/mol. The van der Waals surface area contributed by atoms with Crippen LogP contribution in [0.2, 0.25) is 0 Å². The van der Waals surface area contributed by atoms with Crippen LogP contribution in [-0.4, -0.2) is 43.1 Å². The van der Waals surface area contributed by atoms with Crippen molar-refractivity contribution in [2.45, 2.75) is 32.2 Å². The molecule has 0 saturated carbocycles. The SMILES string of the molecule is CC(NC(=O)c1ncnc2c1cnn2C)c1ncc(C(=O)Nc2ccc3c(c2)NCC3(C)C)s1. The van der Waals surface area contributed by atoms with Gasteiger partial charge in [0.25, 0.3) is 11.8 Å². The first-order valence-corrected chi connectivity index (χ1v) is 11.6. The summed E-state index contributed by atoms with van der Waals surface area (Å²) >= 11 is 1.24. The minimum Gasteiger partial charge on any atom is -0.384 e. The van der Waals surface area contributed by atoms with Crippen molar-refractivity contribution in [3.8, 4) is 0 Å². The van der Waals surface area contributed by atoms with Gasteiger partial charge in [-0.1, -0.05) is 19.9 Å². The number of thiazole rings is 1. The Hall–Kier alpha value is -3.86. The van der Waals surface area contributed by atoms with Crippen LogP contribution in [0.5, 0.6) is 0 Å². The predicted octanol–water partition coefficient (Wildman–Crippen LogP) is 3.27. The van der Waals surface area contributed by atoms with Crippen LogP contribution in [0.25, 0.3) is 11.0 Å². The van der Waals surface area contributed by atoms with Gasteiger partial charge in [-0.05, 0) is 24.6 Å². The monoisotopic (exact) mass is 476 g/mol. The molecule has 3 N–H and O–H groups in total. The van der Waals surface area contributed by atoms with E-state index in [4.69, 9.17) is 0 Å². The molecule has 3 aromatic heterocycles. The van der Waals surface area contributed by atoms with Crippen molar-refractivity contribution in [1.82, 2.24) is 30.0 Å². The summed E-state index contributed by atoms with van der Waals surface area (Å²) in [4.78, 5) is 38.7. The van der Waals surface area contributed by atoms with E-state index >= 15 is 0 Å². The van der Waals surface area contributed by atoms with Crippen molar-refractivity contribution >= 4 is 45.6 Å². The van der Waals surface area contributed by atoms with Crippen LogP contribution in [0.1, 0.15) is 57.5 Å². The molecule has 11 heteroatoms. The normalized spacial score (nSPS) is 14.9. The lowest BCUT2D eigenvalue weighted by Gasteiger charge is -2.17. The van der Waals surface area contributed by atoms with Crippen molar-refractivity contribution in [3.05, 3.63) is 58.1 Å². The number of benzene rings is 1. The first-order chi connectivity index (χ1) is 16.2. The predicted molar refractivity (Wildman–Crippen MR) is 130 cm³/mol. The summed E-state index contributed by atoms with van der Waals surface area (Å²) in [6.07, 6.45) is 4.43. The molecule has 174 valence electrons. The van der Waals surface area contributed by atoms with Crippen LogP contribution < -0.4 is 16.0 Å². The number of aryl methyl sites for hydroxylation is 1. The number of amides is 2. The van der Waals surface area contributed by atoms with Gasteiger partial charge < -0.3 is 16.0 Å². The highest BCUT2D eigenvalue weighted by Gasteiger charge is 2.29. The zero-order valence-electron chi connectivity index (χ0n) is 19.2. The first kappa shape index (κ1) is 22.0.